The van der Waals surface area contributed by atoms with Crippen LogP contribution >= 0.6 is 11.8 Å². The lowest BCUT2D eigenvalue weighted by Gasteiger charge is -2.27. The quantitative estimate of drug-likeness (QED) is 0.760. The summed E-state index contributed by atoms with van der Waals surface area (Å²) < 4.78 is 1.97. The van der Waals surface area contributed by atoms with E-state index in [1.807, 2.05) is 34.9 Å². The van der Waals surface area contributed by atoms with Crippen LogP contribution in [0.25, 0.3) is 11.7 Å². The van der Waals surface area contributed by atoms with Crippen LogP contribution in [-0.2, 0) is 4.79 Å². The van der Waals surface area contributed by atoms with Crippen LogP contribution in [0.5, 0.6) is 0 Å². The van der Waals surface area contributed by atoms with Gasteiger partial charge in [0, 0.05) is 19.3 Å². The molecule has 1 amide bonds. The maximum absolute atomic E-state index is 12.2. The van der Waals surface area contributed by atoms with Gasteiger partial charge < -0.3 is 9.30 Å². The third kappa shape index (κ3) is 2.43. The number of fused-ring (bicyclic) bond motifs is 1. The Balaban J connectivity index is 1.60. The van der Waals surface area contributed by atoms with Crippen molar-refractivity contribution in [2.45, 2.75) is 19.3 Å². The zero-order chi connectivity index (χ0) is 14.9. The maximum atomic E-state index is 12.2. The molecule has 2 aromatic rings. The molecule has 0 saturated carbocycles. The van der Waals surface area contributed by atoms with Gasteiger partial charge in [0.15, 0.2) is 5.17 Å². The summed E-state index contributed by atoms with van der Waals surface area (Å²) in [4.78, 5) is 23.6. The second kappa shape index (κ2) is 5.61. The van der Waals surface area contributed by atoms with E-state index < -0.39 is 0 Å². The largest absolute Gasteiger partial charge is 0.351 e. The molecular weight excluding hydrogens is 296 g/mol. The number of carbonyl (C=O) groups excluding carboxylic acids is 1. The third-order valence-electron chi connectivity index (χ3n) is 3.96. The third-order valence-corrected chi connectivity index (χ3v) is 5.00. The van der Waals surface area contributed by atoms with E-state index in [2.05, 4.69) is 14.9 Å². The summed E-state index contributed by atoms with van der Waals surface area (Å²) in [5.41, 5.74) is 1.78. The minimum absolute atomic E-state index is 0.142. The van der Waals surface area contributed by atoms with E-state index in [4.69, 9.17) is 0 Å². The van der Waals surface area contributed by atoms with E-state index in [1.165, 1.54) is 31.0 Å². The monoisotopic (exact) mass is 312 g/mol. The minimum Gasteiger partial charge on any atom is -0.351 e. The fourth-order valence-electron chi connectivity index (χ4n) is 2.81. The van der Waals surface area contributed by atoms with E-state index in [-0.39, 0.29) is 5.91 Å². The van der Waals surface area contributed by atoms with Gasteiger partial charge in [-0.05, 0) is 49.2 Å². The van der Waals surface area contributed by atoms with E-state index in [0.29, 0.717) is 4.91 Å². The van der Waals surface area contributed by atoms with Gasteiger partial charge >= 0.3 is 0 Å². The Morgan fingerprint density at radius 2 is 2.05 bits per heavy atom. The van der Waals surface area contributed by atoms with Crippen molar-refractivity contribution < 1.29 is 4.79 Å². The Kier molecular flexibility index (Phi) is 3.46. The van der Waals surface area contributed by atoms with Gasteiger partial charge in [0.25, 0.3) is 5.91 Å². The molecule has 0 bridgehead atoms. The number of amides is 1. The number of pyridine rings is 1. The molecule has 1 saturated heterocycles. The van der Waals surface area contributed by atoms with E-state index in [9.17, 15) is 4.79 Å². The van der Waals surface area contributed by atoms with Gasteiger partial charge in [-0.25, -0.2) is 4.98 Å². The number of thioether (sulfide) groups is 1. The second-order valence-electron chi connectivity index (χ2n) is 5.47. The van der Waals surface area contributed by atoms with Crippen molar-refractivity contribution in [1.29, 1.82) is 0 Å². The summed E-state index contributed by atoms with van der Waals surface area (Å²) in [5.74, 6) is -0.142. The first-order valence-electron chi connectivity index (χ1n) is 7.51. The van der Waals surface area contributed by atoms with Crippen molar-refractivity contribution in [1.82, 2.24) is 14.3 Å². The first-order valence-corrected chi connectivity index (χ1v) is 8.32. The molecule has 0 radical (unpaired) electrons. The summed E-state index contributed by atoms with van der Waals surface area (Å²) in [7, 11) is 0. The maximum Gasteiger partial charge on any atom is 0.286 e. The molecule has 2 aliphatic rings. The van der Waals surface area contributed by atoms with Crippen LogP contribution in [-0.4, -0.2) is 38.4 Å². The molecule has 0 aromatic carbocycles. The van der Waals surface area contributed by atoms with Crippen LogP contribution in [0, 0.1) is 0 Å². The highest BCUT2D eigenvalue weighted by Crippen LogP contribution is 2.31. The Bertz CT molecular complexity index is 786. The Morgan fingerprint density at radius 1 is 1.18 bits per heavy atom. The minimum atomic E-state index is -0.142. The predicted octanol–water partition coefficient (Wildman–Crippen LogP) is 2.79. The topological polar surface area (TPSA) is 50.0 Å². The number of piperidine rings is 1. The molecule has 2 aromatic heterocycles. The van der Waals surface area contributed by atoms with Crippen LogP contribution in [0.1, 0.15) is 25.0 Å². The number of hydrogen-bond donors (Lipinski definition) is 0. The molecule has 0 spiro atoms. The lowest BCUT2D eigenvalue weighted by Crippen LogP contribution is -2.33. The SMILES string of the molecule is O=C1N=C(N2CCCCC2)S/C1=C\c1cnc2ccccn12. The highest BCUT2D eigenvalue weighted by molar-refractivity contribution is 8.18. The molecule has 0 atom stereocenters. The van der Waals surface area contributed by atoms with Crippen molar-refractivity contribution in [2.75, 3.05) is 13.1 Å². The smallest absolute Gasteiger partial charge is 0.286 e. The van der Waals surface area contributed by atoms with Crippen molar-refractivity contribution in [2.24, 2.45) is 4.99 Å². The van der Waals surface area contributed by atoms with Gasteiger partial charge in [-0.15, -0.1) is 0 Å². The Labute approximate surface area is 132 Å². The number of aromatic nitrogens is 2. The van der Waals surface area contributed by atoms with Crippen LogP contribution in [0.2, 0.25) is 0 Å². The summed E-state index contributed by atoms with van der Waals surface area (Å²) >= 11 is 1.48. The van der Waals surface area contributed by atoms with Crippen molar-refractivity contribution >= 4 is 34.6 Å². The number of amidine groups is 1. The van der Waals surface area contributed by atoms with E-state index in [0.717, 1.165) is 29.6 Å². The zero-order valence-electron chi connectivity index (χ0n) is 12.1. The number of imidazole rings is 1. The summed E-state index contributed by atoms with van der Waals surface area (Å²) in [6.07, 6.45) is 9.25. The van der Waals surface area contributed by atoms with Crippen LogP contribution in [0.15, 0.2) is 40.5 Å². The van der Waals surface area contributed by atoms with Crippen molar-refractivity contribution in [3.05, 3.63) is 41.2 Å². The van der Waals surface area contributed by atoms with Crippen molar-refractivity contribution in [3.63, 3.8) is 0 Å². The van der Waals surface area contributed by atoms with Gasteiger partial charge in [-0.3, -0.25) is 4.79 Å². The fourth-order valence-corrected chi connectivity index (χ4v) is 3.76. The predicted molar refractivity (Wildman–Crippen MR) is 88.6 cm³/mol. The lowest BCUT2D eigenvalue weighted by atomic mass is 10.1. The van der Waals surface area contributed by atoms with Crippen LogP contribution in [0.3, 0.4) is 0 Å². The van der Waals surface area contributed by atoms with Gasteiger partial charge in [-0.1, -0.05) is 6.07 Å². The highest BCUT2D eigenvalue weighted by atomic mass is 32.2. The summed E-state index contributed by atoms with van der Waals surface area (Å²) in [6, 6.07) is 5.85. The van der Waals surface area contributed by atoms with Gasteiger partial charge in [-0.2, -0.15) is 4.99 Å². The van der Waals surface area contributed by atoms with Gasteiger partial charge in [0.1, 0.15) is 5.65 Å². The summed E-state index contributed by atoms with van der Waals surface area (Å²) in [6.45, 7) is 2.00. The van der Waals surface area contributed by atoms with Crippen LogP contribution in [0.4, 0.5) is 0 Å². The molecule has 5 nitrogen and oxygen atoms in total. The first-order chi connectivity index (χ1) is 10.8. The number of rotatable bonds is 1. The number of carbonyl (C=O) groups is 1. The molecule has 0 N–H and O–H groups in total. The van der Waals surface area contributed by atoms with Crippen LogP contribution < -0.4 is 0 Å². The van der Waals surface area contributed by atoms with E-state index >= 15 is 0 Å². The molecule has 4 heterocycles. The normalized spacial score (nSPS) is 20.9. The Morgan fingerprint density at radius 3 is 2.91 bits per heavy atom. The lowest BCUT2D eigenvalue weighted by molar-refractivity contribution is -0.113. The molecule has 0 unspecified atom stereocenters. The number of nitrogens with zero attached hydrogens (tertiary/aromatic N) is 4. The standard InChI is InChI=1S/C16H16N4OS/c21-15-13(22-16(18-15)19-7-3-1-4-8-19)10-12-11-17-14-6-2-5-9-20(12)14/h2,5-6,9-11H,1,3-4,7-8H2/b13-10-. The number of aliphatic imine (C=N–C) groups is 1. The highest BCUT2D eigenvalue weighted by Gasteiger charge is 2.27. The average Bonchev–Trinajstić information content (AvgIpc) is 3.13. The molecule has 4 rings (SSSR count). The summed E-state index contributed by atoms with van der Waals surface area (Å²) in [5, 5.41) is 0.852. The fraction of sp³-hybridized carbons (Fsp3) is 0.312. The Hall–Kier alpha value is -2.08. The zero-order valence-corrected chi connectivity index (χ0v) is 12.9. The van der Waals surface area contributed by atoms with Gasteiger partial charge in [0.2, 0.25) is 0 Å². The van der Waals surface area contributed by atoms with Crippen molar-refractivity contribution in [3.8, 4) is 0 Å². The number of likely N-dealkylation sites (tertiary alicyclic amines) is 1. The molecule has 112 valence electrons. The molecule has 22 heavy (non-hydrogen) atoms. The van der Waals surface area contributed by atoms with E-state index in [1.54, 1.807) is 6.20 Å². The number of hydrogen-bond acceptors (Lipinski definition) is 4. The molecule has 2 aliphatic heterocycles. The first kappa shape index (κ1) is 13.6. The average molecular weight is 312 g/mol. The molecule has 6 heteroatoms. The second-order valence-corrected chi connectivity index (χ2v) is 6.48. The molecule has 0 aliphatic carbocycles. The molecular formula is C16H16N4OS. The molecule has 1 fully saturated rings. The van der Waals surface area contributed by atoms with Gasteiger partial charge in [0.05, 0.1) is 16.8 Å².